The number of carbonyl (C=O) groups is 2. The first kappa shape index (κ1) is 12.9. The molecular weight excluding hydrogens is 254 g/mol. The van der Waals surface area contributed by atoms with Crippen molar-refractivity contribution in [2.75, 3.05) is 7.05 Å². The second-order valence-electron chi connectivity index (χ2n) is 5.59. The zero-order chi connectivity index (χ0) is 14.7. The van der Waals surface area contributed by atoms with Crippen molar-refractivity contribution in [3.63, 3.8) is 0 Å². The highest BCUT2D eigenvalue weighted by atomic mass is 16.5. The first-order chi connectivity index (χ1) is 9.37. The average molecular weight is 271 g/mol. The molecule has 0 aromatic heterocycles. The van der Waals surface area contributed by atoms with E-state index in [1.165, 1.54) is 6.92 Å². The summed E-state index contributed by atoms with van der Waals surface area (Å²) >= 11 is 0. The van der Waals surface area contributed by atoms with Gasteiger partial charge in [-0.2, -0.15) is 0 Å². The Morgan fingerprint density at radius 3 is 2.40 bits per heavy atom. The minimum absolute atomic E-state index is 0.0802. The number of amides is 1. The van der Waals surface area contributed by atoms with Gasteiger partial charge in [-0.15, -0.1) is 0 Å². The quantitative estimate of drug-likeness (QED) is 0.775. The van der Waals surface area contributed by atoms with E-state index in [9.17, 15) is 9.59 Å². The Balaban J connectivity index is 2.24. The third-order valence-corrected chi connectivity index (χ3v) is 4.55. The molecule has 0 bridgehead atoms. The largest absolute Gasteiger partial charge is 0.466 e. The molecule has 4 nitrogen and oxygen atoms in total. The lowest BCUT2D eigenvalue weighted by Gasteiger charge is -2.58. The van der Waals surface area contributed by atoms with Gasteiger partial charge in [-0.05, 0) is 20.8 Å². The minimum Gasteiger partial charge on any atom is -0.466 e. The lowest BCUT2D eigenvalue weighted by Crippen LogP contribution is -2.73. The molecule has 1 saturated heterocycles. The van der Waals surface area contributed by atoms with Gasteiger partial charge in [0.15, 0.2) is 5.78 Å². The maximum atomic E-state index is 12.5. The molecule has 2 atom stereocenters. The van der Waals surface area contributed by atoms with E-state index in [0.29, 0.717) is 11.3 Å². The van der Waals surface area contributed by atoms with Gasteiger partial charge in [-0.25, -0.2) is 0 Å². The minimum atomic E-state index is -0.932. The summed E-state index contributed by atoms with van der Waals surface area (Å²) in [5.41, 5.74) is -0.445. The van der Waals surface area contributed by atoms with E-state index in [1.807, 2.05) is 30.3 Å². The smallest absolute Gasteiger partial charge is 0.242 e. The van der Waals surface area contributed by atoms with Gasteiger partial charge in [0.05, 0.1) is 5.57 Å². The van der Waals surface area contributed by atoms with Gasteiger partial charge < -0.3 is 9.64 Å². The van der Waals surface area contributed by atoms with E-state index in [2.05, 4.69) is 0 Å². The van der Waals surface area contributed by atoms with Crippen molar-refractivity contribution in [1.29, 1.82) is 0 Å². The van der Waals surface area contributed by atoms with Crippen LogP contribution in [-0.4, -0.2) is 23.6 Å². The van der Waals surface area contributed by atoms with Crippen LogP contribution in [0.4, 0.5) is 0 Å². The van der Waals surface area contributed by atoms with Crippen LogP contribution in [0.2, 0.25) is 0 Å². The Labute approximate surface area is 118 Å². The molecule has 2 aliphatic rings. The molecule has 2 aliphatic heterocycles. The number of benzene rings is 1. The fourth-order valence-corrected chi connectivity index (χ4v) is 3.78. The third kappa shape index (κ3) is 1.13. The molecule has 0 saturated carbocycles. The van der Waals surface area contributed by atoms with Crippen LogP contribution in [0.5, 0.6) is 0 Å². The summed E-state index contributed by atoms with van der Waals surface area (Å²) in [5, 5.41) is 0. The zero-order valence-corrected chi connectivity index (χ0v) is 12.1. The molecule has 1 fully saturated rings. The highest BCUT2D eigenvalue weighted by molar-refractivity contribution is 6.07. The zero-order valence-electron chi connectivity index (χ0n) is 12.1. The van der Waals surface area contributed by atoms with Gasteiger partial charge in [0.25, 0.3) is 0 Å². The molecule has 2 heterocycles. The summed E-state index contributed by atoms with van der Waals surface area (Å²) in [5.74, 6) is 0.356. The van der Waals surface area contributed by atoms with Crippen molar-refractivity contribution in [1.82, 2.24) is 4.90 Å². The van der Waals surface area contributed by atoms with E-state index in [4.69, 9.17) is 4.74 Å². The number of hydrogen-bond donors (Lipinski definition) is 0. The maximum Gasteiger partial charge on any atom is 0.242 e. The highest BCUT2D eigenvalue weighted by Crippen LogP contribution is 2.64. The molecule has 20 heavy (non-hydrogen) atoms. The van der Waals surface area contributed by atoms with Gasteiger partial charge >= 0.3 is 0 Å². The number of hydrogen-bond acceptors (Lipinski definition) is 3. The van der Waals surface area contributed by atoms with Crippen molar-refractivity contribution in [3.05, 3.63) is 47.2 Å². The fourth-order valence-electron chi connectivity index (χ4n) is 3.78. The lowest BCUT2D eigenvalue weighted by atomic mass is 9.62. The van der Waals surface area contributed by atoms with Gasteiger partial charge in [0.2, 0.25) is 11.6 Å². The molecule has 1 aromatic rings. The van der Waals surface area contributed by atoms with Crippen LogP contribution < -0.4 is 0 Å². The van der Waals surface area contributed by atoms with E-state index in [1.54, 1.807) is 25.8 Å². The Kier molecular flexibility index (Phi) is 2.40. The fraction of sp³-hybridized carbons (Fsp3) is 0.375. The number of nitrogens with zero attached hydrogens (tertiary/aromatic N) is 1. The van der Waals surface area contributed by atoms with Crippen LogP contribution >= 0.6 is 0 Å². The van der Waals surface area contributed by atoms with Crippen LogP contribution in [0.1, 0.15) is 26.3 Å². The van der Waals surface area contributed by atoms with Crippen molar-refractivity contribution in [3.8, 4) is 0 Å². The molecule has 1 aromatic carbocycles. The second kappa shape index (κ2) is 3.72. The molecule has 0 unspecified atom stereocenters. The summed E-state index contributed by atoms with van der Waals surface area (Å²) in [6, 6.07) is 9.59. The Morgan fingerprint density at radius 1 is 1.25 bits per heavy atom. The molecular formula is C16H17NO3. The van der Waals surface area contributed by atoms with E-state index >= 15 is 0 Å². The standard InChI is InChI=1S/C16H17NO3/c1-10(18)13-11(2)20-16(12-8-6-5-7-9-12)15(13,3)14(19)17(16)4/h5-9H,1-4H3/t15-,16-/m1/s1. The molecule has 0 aliphatic carbocycles. The van der Waals surface area contributed by atoms with Gasteiger partial charge in [-0.3, -0.25) is 9.59 Å². The van der Waals surface area contributed by atoms with Crippen LogP contribution in [0.25, 0.3) is 0 Å². The molecule has 4 heteroatoms. The Hall–Kier alpha value is -2.10. The van der Waals surface area contributed by atoms with Crippen molar-refractivity contribution in [2.45, 2.75) is 26.5 Å². The van der Waals surface area contributed by atoms with Crippen LogP contribution in [0.3, 0.4) is 0 Å². The Morgan fingerprint density at radius 2 is 1.85 bits per heavy atom. The number of fused-ring (bicyclic) bond motifs is 1. The predicted octanol–water partition coefficient (Wildman–Crippen LogP) is 2.21. The van der Waals surface area contributed by atoms with Gasteiger partial charge in [0.1, 0.15) is 11.2 Å². The molecule has 104 valence electrons. The summed E-state index contributed by atoms with van der Waals surface area (Å²) in [6.45, 7) is 5.04. The average Bonchev–Trinajstić information content (AvgIpc) is 2.65. The second-order valence-corrected chi connectivity index (χ2v) is 5.59. The topological polar surface area (TPSA) is 46.6 Å². The highest BCUT2D eigenvalue weighted by Gasteiger charge is 2.76. The van der Waals surface area contributed by atoms with Crippen molar-refractivity contribution >= 4 is 11.7 Å². The van der Waals surface area contributed by atoms with Gasteiger partial charge in [-0.1, -0.05) is 30.3 Å². The van der Waals surface area contributed by atoms with Crippen LogP contribution in [0, 0.1) is 5.41 Å². The van der Waals surface area contributed by atoms with E-state index < -0.39 is 11.1 Å². The SMILES string of the molecule is CC(=O)C1=C(C)O[C@@]2(c3ccccc3)N(C)C(=O)[C@@]12C. The number of likely N-dealkylation sites (tertiary alicyclic amines) is 1. The van der Waals surface area contributed by atoms with Crippen LogP contribution in [-0.2, 0) is 20.1 Å². The van der Waals surface area contributed by atoms with E-state index in [-0.39, 0.29) is 11.7 Å². The third-order valence-electron chi connectivity index (χ3n) is 4.55. The number of ether oxygens (including phenoxy) is 1. The summed E-state index contributed by atoms with van der Waals surface area (Å²) in [4.78, 5) is 26.0. The maximum absolute atomic E-state index is 12.5. The van der Waals surface area contributed by atoms with Crippen molar-refractivity contribution in [2.24, 2.45) is 5.41 Å². The number of rotatable bonds is 2. The summed E-state index contributed by atoms with van der Waals surface area (Å²) in [6.07, 6.45) is 0. The van der Waals surface area contributed by atoms with E-state index in [0.717, 1.165) is 5.56 Å². The normalized spacial score (nSPS) is 31.8. The van der Waals surface area contributed by atoms with Crippen molar-refractivity contribution < 1.29 is 14.3 Å². The first-order valence-electron chi connectivity index (χ1n) is 6.62. The van der Waals surface area contributed by atoms with Gasteiger partial charge in [0, 0.05) is 12.6 Å². The number of β-lactam (4-membered cyclic amide) rings is 1. The summed E-state index contributed by atoms with van der Waals surface area (Å²) < 4.78 is 6.06. The monoisotopic (exact) mass is 271 g/mol. The number of allylic oxidation sites excluding steroid dienone is 1. The molecule has 1 amide bonds. The van der Waals surface area contributed by atoms with Crippen LogP contribution in [0.15, 0.2) is 41.7 Å². The predicted molar refractivity (Wildman–Crippen MR) is 73.5 cm³/mol. The first-order valence-corrected chi connectivity index (χ1v) is 6.62. The molecule has 0 spiro atoms. The molecule has 0 N–H and O–H groups in total. The molecule has 0 radical (unpaired) electrons. The number of Topliss-reactive ketones (excluding diaryl/α,β-unsaturated/α-hetero) is 1. The lowest BCUT2D eigenvalue weighted by molar-refractivity contribution is -0.239. The number of carbonyl (C=O) groups excluding carboxylic acids is 2. The summed E-state index contributed by atoms with van der Waals surface area (Å²) in [7, 11) is 1.72. The Bertz CT molecular complexity index is 649. The number of ketones is 1. The molecule has 3 rings (SSSR count).